The molecule has 0 aliphatic heterocycles. The standard InChI is InChI=1S/C11H14N4O/c1-15(7-6-12)11(16)10-8-4-2-3-5-9(8)13-14-10/h2-5H,6-7,12H2,1H3,(H,13,14). The Labute approximate surface area is 93.2 Å². The number of aromatic nitrogens is 2. The van der Waals surface area contributed by atoms with Crippen molar-refractivity contribution >= 4 is 16.8 Å². The number of carbonyl (C=O) groups is 1. The summed E-state index contributed by atoms with van der Waals surface area (Å²) in [5.41, 5.74) is 6.73. The van der Waals surface area contributed by atoms with Crippen LogP contribution in [-0.2, 0) is 0 Å². The highest BCUT2D eigenvalue weighted by atomic mass is 16.2. The van der Waals surface area contributed by atoms with Crippen LogP contribution >= 0.6 is 0 Å². The van der Waals surface area contributed by atoms with Crippen LogP contribution in [0.15, 0.2) is 24.3 Å². The SMILES string of the molecule is CN(CCN)C(=O)c1n[nH]c2ccccc12. The highest BCUT2D eigenvalue weighted by Gasteiger charge is 2.16. The molecular weight excluding hydrogens is 204 g/mol. The molecule has 2 rings (SSSR count). The number of nitrogens with zero attached hydrogens (tertiary/aromatic N) is 2. The molecule has 5 nitrogen and oxygen atoms in total. The number of hydrogen-bond donors (Lipinski definition) is 2. The van der Waals surface area contributed by atoms with Gasteiger partial charge in [0.05, 0.1) is 5.52 Å². The lowest BCUT2D eigenvalue weighted by atomic mass is 10.2. The Morgan fingerprint density at radius 3 is 3.00 bits per heavy atom. The first-order valence-corrected chi connectivity index (χ1v) is 5.12. The lowest BCUT2D eigenvalue weighted by molar-refractivity contribution is 0.0795. The molecule has 0 aliphatic carbocycles. The predicted octanol–water partition coefficient (Wildman–Crippen LogP) is 0.594. The summed E-state index contributed by atoms with van der Waals surface area (Å²) in [6.07, 6.45) is 0. The zero-order valence-electron chi connectivity index (χ0n) is 9.10. The molecule has 84 valence electrons. The number of benzene rings is 1. The molecule has 2 aromatic rings. The molecular formula is C11H14N4O. The lowest BCUT2D eigenvalue weighted by Gasteiger charge is -2.14. The van der Waals surface area contributed by atoms with Gasteiger partial charge < -0.3 is 10.6 Å². The minimum absolute atomic E-state index is 0.108. The zero-order valence-corrected chi connectivity index (χ0v) is 9.10. The summed E-state index contributed by atoms with van der Waals surface area (Å²) >= 11 is 0. The van der Waals surface area contributed by atoms with E-state index in [1.165, 1.54) is 0 Å². The van der Waals surface area contributed by atoms with E-state index in [1.807, 2.05) is 24.3 Å². The van der Waals surface area contributed by atoms with E-state index in [9.17, 15) is 4.79 Å². The smallest absolute Gasteiger partial charge is 0.274 e. The second kappa shape index (κ2) is 4.32. The normalized spacial score (nSPS) is 10.6. The average molecular weight is 218 g/mol. The topological polar surface area (TPSA) is 75.0 Å². The van der Waals surface area contributed by atoms with Crippen molar-refractivity contribution in [3.05, 3.63) is 30.0 Å². The second-order valence-electron chi connectivity index (χ2n) is 3.63. The molecule has 0 spiro atoms. The number of likely N-dealkylation sites (N-methyl/N-ethyl adjacent to an activating group) is 1. The first-order valence-electron chi connectivity index (χ1n) is 5.12. The van der Waals surface area contributed by atoms with E-state index >= 15 is 0 Å². The molecule has 0 atom stereocenters. The van der Waals surface area contributed by atoms with Gasteiger partial charge in [0, 0.05) is 25.5 Å². The Hall–Kier alpha value is -1.88. The first-order chi connectivity index (χ1) is 7.74. The van der Waals surface area contributed by atoms with Gasteiger partial charge in [0.25, 0.3) is 5.91 Å². The van der Waals surface area contributed by atoms with Crippen LogP contribution in [0.5, 0.6) is 0 Å². The Kier molecular flexibility index (Phi) is 2.87. The van der Waals surface area contributed by atoms with Crippen molar-refractivity contribution < 1.29 is 4.79 Å². The Balaban J connectivity index is 2.36. The van der Waals surface area contributed by atoms with Gasteiger partial charge in [-0.3, -0.25) is 9.89 Å². The van der Waals surface area contributed by atoms with E-state index < -0.39 is 0 Å². The number of carbonyl (C=O) groups excluding carboxylic acids is 1. The molecule has 1 aromatic carbocycles. The summed E-state index contributed by atoms with van der Waals surface area (Å²) in [6, 6.07) is 7.56. The van der Waals surface area contributed by atoms with Crippen molar-refractivity contribution in [1.29, 1.82) is 0 Å². The number of aromatic amines is 1. The number of rotatable bonds is 3. The predicted molar refractivity (Wildman–Crippen MR) is 62.1 cm³/mol. The molecule has 3 N–H and O–H groups in total. The molecule has 0 saturated heterocycles. The summed E-state index contributed by atoms with van der Waals surface area (Å²) in [7, 11) is 1.72. The third-order valence-corrected chi connectivity index (χ3v) is 2.48. The van der Waals surface area contributed by atoms with Crippen LogP contribution in [0.2, 0.25) is 0 Å². The fourth-order valence-electron chi connectivity index (χ4n) is 1.60. The first kappa shape index (κ1) is 10.6. The molecule has 0 unspecified atom stereocenters. The summed E-state index contributed by atoms with van der Waals surface area (Å²) in [5.74, 6) is -0.108. The Morgan fingerprint density at radius 1 is 1.50 bits per heavy atom. The van der Waals surface area contributed by atoms with E-state index in [0.29, 0.717) is 18.8 Å². The zero-order chi connectivity index (χ0) is 11.5. The van der Waals surface area contributed by atoms with Crippen LogP contribution in [-0.4, -0.2) is 41.1 Å². The number of nitrogens with two attached hydrogens (primary N) is 1. The van der Waals surface area contributed by atoms with Gasteiger partial charge in [-0.1, -0.05) is 18.2 Å². The van der Waals surface area contributed by atoms with Crippen LogP contribution in [0.3, 0.4) is 0 Å². The third-order valence-electron chi connectivity index (χ3n) is 2.48. The quantitative estimate of drug-likeness (QED) is 0.791. The molecule has 1 aromatic heterocycles. The minimum Gasteiger partial charge on any atom is -0.339 e. The molecule has 16 heavy (non-hydrogen) atoms. The Bertz CT molecular complexity index is 505. The maximum Gasteiger partial charge on any atom is 0.274 e. The highest BCUT2D eigenvalue weighted by Crippen LogP contribution is 2.16. The van der Waals surface area contributed by atoms with Crippen LogP contribution < -0.4 is 5.73 Å². The second-order valence-corrected chi connectivity index (χ2v) is 3.63. The third kappa shape index (κ3) is 1.77. The van der Waals surface area contributed by atoms with E-state index in [4.69, 9.17) is 5.73 Å². The molecule has 1 amide bonds. The molecule has 0 radical (unpaired) electrons. The van der Waals surface area contributed by atoms with Crippen molar-refractivity contribution in [2.45, 2.75) is 0 Å². The highest BCUT2D eigenvalue weighted by molar-refractivity contribution is 6.04. The summed E-state index contributed by atoms with van der Waals surface area (Å²) < 4.78 is 0. The van der Waals surface area contributed by atoms with Gasteiger partial charge in [-0.25, -0.2) is 0 Å². The molecule has 1 heterocycles. The number of para-hydroxylation sites is 1. The maximum atomic E-state index is 12.0. The minimum atomic E-state index is -0.108. The average Bonchev–Trinajstić information content (AvgIpc) is 2.72. The largest absolute Gasteiger partial charge is 0.339 e. The van der Waals surface area contributed by atoms with Gasteiger partial charge in [-0.05, 0) is 6.07 Å². The van der Waals surface area contributed by atoms with Crippen LogP contribution in [0.25, 0.3) is 10.9 Å². The molecule has 0 saturated carbocycles. The molecule has 0 fully saturated rings. The monoisotopic (exact) mass is 218 g/mol. The van der Waals surface area contributed by atoms with E-state index in [2.05, 4.69) is 10.2 Å². The fourth-order valence-corrected chi connectivity index (χ4v) is 1.60. The van der Waals surface area contributed by atoms with Crippen LogP contribution in [0.1, 0.15) is 10.5 Å². The van der Waals surface area contributed by atoms with Crippen LogP contribution in [0, 0.1) is 0 Å². The van der Waals surface area contributed by atoms with Crippen molar-refractivity contribution in [3.8, 4) is 0 Å². The van der Waals surface area contributed by atoms with E-state index in [-0.39, 0.29) is 5.91 Å². The number of H-pyrrole nitrogens is 1. The summed E-state index contributed by atoms with van der Waals surface area (Å²) in [6.45, 7) is 0.977. The van der Waals surface area contributed by atoms with Gasteiger partial charge in [0.15, 0.2) is 5.69 Å². The summed E-state index contributed by atoms with van der Waals surface area (Å²) in [5, 5.41) is 7.72. The maximum absolute atomic E-state index is 12.0. The van der Waals surface area contributed by atoms with E-state index in [0.717, 1.165) is 10.9 Å². The number of fused-ring (bicyclic) bond motifs is 1. The number of nitrogens with one attached hydrogen (secondary N) is 1. The fraction of sp³-hybridized carbons (Fsp3) is 0.273. The Morgan fingerprint density at radius 2 is 2.25 bits per heavy atom. The molecule has 0 aliphatic rings. The van der Waals surface area contributed by atoms with Gasteiger partial charge in [-0.15, -0.1) is 0 Å². The van der Waals surface area contributed by atoms with E-state index in [1.54, 1.807) is 11.9 Å². The van der Waals surface area contributed by atoms with Gasteiger partial charge >= 0.3 is 0 Å². The van der Waals surface area contributed by atoms with Gasteiger partial charge in [0.2, 0.25) is 0 Å². The molecule has 5 heteroatoms. The van der Waals surface area contributed by atoms with Crippen molar-refractivity contribution in [2.75, 3.05) is 20.1 Å². The van der Waals surface area contributed by atoms with Gasteiger partial charge in [-0.2, -0.15) is 5.10 Å². The number of hydrogen-bond acceptors (Lipinski definition) is 3. The van der Waals surface area contributed by atoms with Gasteiger partial charge in [0.1, 0.15) is 0 Å². The van der Waals surface area contributed by atoms with Crippen molar-refractivity contribution in [2.24, 2.45) is 5.73 Å². The number of amides is 1. The van der Waals surface area contributed by atoms with Crippen molar-refractivity contribution in [3.63, 3.8) is 0 Å². The lowest BCUT2D eigenvalue weighted by Crippen LogP contribution is -2.32. The summed E-state index contributed by atoms with van der Waals surface area (Å²) in [4.78, 5) is 13.6. The van der Waals surface area contributed by atoms with Crippen LogP contribution in [0.4, 0.5) is 0 Å². The molecule has 0 bridgehead atoms. The van der Waals surface area contributed by atoms with Crippen molar-refractivity contribution in [1.82, 2.24) is 15.1 Å².